The highest BCUT2D eigenvalue weighted by Gasteiger charge is 2.16. The van der Waals surface area contributed by atoms with E-state index in [1.165, 1.54) is 0 Å². The van der Waals surface area contributed by atoms with E-state index in [-0.39, 0.29) is 12.5 Å². The Bertz CT molecular complexity index is 617. The van der Waals surface area contributed by atoms with Crippen LogP contribution in [0.5, 0.6) is 0 Å². The molecule has 114 valence electrons. The largest absolute Gasteiger partial charge is 0.467 e. The Morgan fingerprint density at radius 1 is 1.23 bits per heavy atom. The minimum Gasteiger partial charge on any atom is -0.467 e. The molecule has 5 heteroatoms. The molecule has 0 saturated carbocycles. The van der Waals surface area contributed by atoms with E-state index in [9.17, 15) is 4.79 Å². The molecule has 1 aromatic heterocycles. The van der Waals surface area contributed by atoms with E-state index in [1.54, 1.807) is 18.2 Å². The van der Waals surface area contributed by atoms with Gasteiger partial charge in [0.1, 0.15) is 5.76 Å². The Kier molecular flexibility index (Phi) is 5.61. The first-order valence-electron chi connectivity index (χ1n) is 7.14. The molecule has 0 N–H and O–H groups in total. The van der Waals surface area contributed by atoms with Crippen LogP contribution in [-0.2, 0) is 11.3 Å². The van der Waals surface area contributed by atoms with Gasteiger partial charge in [0.15, 0.2) is 0 Å². The highest BCUT2D eigenvalue weighted by Crippen LogP contribution is 2.17. The van der Waals surface area contributed by atoms with Crippen LogP contribution in [0.3, 0.4) is 0 Å². The van der Waals surface area contributed by atoms with E-state index >= 15 is 0 Å². The van der Waals surface area contributed by atoms with E-state index in [2.05, 4.69) is 6.07 Å². The monoisotopic (exact) mass is 297 g/mol. The van der Waals surface area contributed by atoms with E-state index in [1.807, 2.05) is 47.4 Å². The summed E-state index contributed by atoms with van der Waals surface area (Å²) < 4.78 is 5.38. The Balaban J connectivity index is 2.08. The highest BCUT2D eigenvalue weighted by atomic mass is 16.3. The van der Waals surface area contributed by atoms with Crippen molar-refractivity contribution in [2.45, 2.75) is 13.0 Å². The predicted molar refractivity (Wildman–Crippen MR) is 84.1 cm³/mol. The third-order valence-electron chi connectivity index (χ3n) is 3.36. The number of nitrogens with zero attached hydrogens (tertiary/aromatic N) is 3. The lowest BCUT2D eigenvalue weighted by Gasteiger charge is -2.26. The summed E-state index contributed by atoms with van der Waals surface area (Å²) in [6.07, 6.45) is 1.96. The zero-order chi connectivity index (χ0) is 15.8. The van der Waals surface area contributed by atoms with Gasteiger partial charge >= 0.3 is 0 Å². The van der Waals surface area contributed by atoms with Crippen molar-refractivity contribution < 1.29 is 9.21 Å². The molecule has 1 amide bonds. The van der Waals surface area contributed by atoms with Gasteiger partial charge in [0, 0.05) is 19.3 Å². The average molecular weight is 297 g/mol. The lowest BCUT2D eigenvalue weighted by Crippen LogP contribution is -2.38. The molecule has 0 bridgehead atoms. The summed E-state index contributed by atoms with van der Waals surface area (Å²) in [7, 11) is 1.72. The molecule has 1 aromatic carbocycles. The SMILES string of the molecule is CN(CCC#N)C(=O)CN(Cc1ccco1)c1ccccc1. The van der Waals surface area contributed by atoms with Crippen LogP contribution < -0.4 is 4.90 Å². The number of hydrogen-bond acceptors (Lipinski definition) is 4. The molecule has 0 aliphatic carbocycles. The Morgan fingerprint density at radius 3 is 2.64 bits per heavy atom. The number of likely N-dealkylation sites (N-methyl/N-ethyl adjacent to an activating group) is 1. The van der Waals surface area contributed by atoms with Crippen LogP contribution in [0, 0.1) is 11.3 Å². The summed E-state index contributed by atoms with van der Waals surface area (Å²) in [5.74, 6) is 0.780. The predicted octanol–water partition coefficient (Wildman–Crippen LogP) is 2.66. The number of para-hydroxylation sites is 1. The first-order valence-corrected chi connectivity index (χ1v) is 7.14. The van der Waals surface area contributed by atoms with Crippen LogP contribution in [0.15, 0.2) is 53.1 Å². The summed E-state index contributed by atoms with van der Waals surface area (Å²) in [4.78, 5) is 15.9. The summed E-state index contributed by atoms with van der Waals surface area (Å²) in [6.45, 7) is 1.21. The number of hydrogen-bond donors (Lipinski definition) is 0. The van der Waals surface area contributed by atoms with Crippen molar-refractivity contribution in [2.24, 2.45) is 0 Å². The molecule has 2 rings (SSSR count). The molecule has 0 unspecified atom stereocenters. The first kappa shape index (κ1) is 15.6. The maximum absolute atomic E-state index is 12.3. The van der Waals surface area contributed by atoms with Crippen molar-refractivity contribution in [1.82, 2.24) is 4.90 Å². The highest BCUT2D eigenvalue weighted by molar-refractivity contribution is 5.81. The van der Waals surface area contributed by atoms with E-state index < -0.39 is 0 Å². The second kappa shape index (κ2) is 7.89. The van der Waals surface area contributed by atoms with Crippen molar-refractivity contribution in [3.8, 4) is 6.07 Å². The van der Waals surface area contributed by atoms with Crippen molar-refractivity contribution in [1.29, 1.82) is 5.26 Å². The molecule has 0 fully saturated rings. The van der Waals surface area contributed by atoms with Crippen molar-refractivity contribution in [3.05, 3.63) is 54.5 Å². The van der Waals surface area contributed by atoms with Crippen LogP contribution in [0.2, 0.25) is 0 Å². The van der Waals surface area contributed by atoms with Gasteiger partial charge in [-0.1, -0.05) is 18.2 Å². The molecule has 5 nitrogen and oxygen atoms in total. The summed E-state index contributed by atoms with van der Waals surface area (Å²) in [6, 6.07) is 15.5. The third-order valence-corrected chi connectivity index (χ3v) is 3.36. The van der Waals surface area contributed by atoms with Gasteiger partial charge in [-0.05, 0) is 24.3 Å². The number of benzene rings is 1. The number of nitriles is 1. The molecule has 2 aromatic rings. The number of rotatable bonds is 7. The number of furan rings is 1. The molecule has 0 aliphatic rings. The maximum atomic E-state index is 12.3. The molecule has 0 saturated heterocycles. The van der Waals surface area contributed by atoms with Gasteiger partial charge in [-0.2, -0.15) is 5.26 Å². The van der Waals surface area contributed by atoms with Crippen molar-refractivity contribution >= 4 is 11.6 Å². The molecule has 0 atom stereocenters. The normalized spacial score (nSPS) is 10.0. The minimum absolute atomic E-state index is 0.0225. The number of carbonyl (C=O) groups excluding carboxylic acids is 1. The molecule has 1 heterocycles. The number of amides is 1. The van der Waals surface area contributed by atoms with Gasteiger partial charge in [0.25, 0.3) is 0 Å². The van der Waals surface area contributed by atoms with Crippen molar-refractivity contribution in [3.63, 3.8) is 0 Å². The van der Waals surface area contributed by atoms with Crippen LogP contribution >= 0.6 is 0 Å². The zero-order valence-electron chi connectivity index (χ0n) is 12.6. The zero-order valence-corrected chi connectivity index (χ0v) is 12.6. The van der Waals surface area contributed by atoms with Crippen LogP contribution in [-0.4, -0.2) is 30.9 Å². The van der Waals surface area contributed by atoms with Crippen LogP contribution in [0.1, 0.15) is 12.2 Å². The summed E-state index contributed by atoms with van der Waals surface area (Å²) in [5.41, 5.74) is 0.959. The fourth-order valence-corrected chi connectivity index (χ4v) is 2.09. The van der Waals surface area contributed by atoms with Gasteiger partial charge in [0.2, 0.25) is 5.91 Å². The van der Waals surface area contributed by atoms with Crippen molar-refractivity contribution in [2.75, 3.05) is 25.0 Å². The van der Waals surface area contributed by atoms with Crippen LogP contribution in [0.4, 0.5) is 5.69 Å². The van der Waals surface area contributed by atoms with Gasteiger partial charge in [-0.25, -0.2) is 0 Å². The molecule has 0 spiro atoms. The smallest absolute Gasteiger partial charge is 0.241 e. The molecule has 0 aliphatic heterocycles. The Labute approximate surface area is 130 Å². The maximum Gasteiger partial charge on any atom is 0.241 e. The Morgan fingerprint density at radius 2 is 2.00 bits per heavy atom. The average Bonchev–Trinajstić information content (AvgIpc) is 3.05. The first-order chi connectivity index (χ1) is 10.7. The summed E-state index contributed by atoms with van der Waals surface area (Å²) in [5, 5.41) is 8.62. The van der Waals surface area contributed by atoms with E-state index in [4.69, 9.17) is 9.68 Å². The molecule has 0 radical (unpaired) electrons. The fourth-order valence-electron chi connectivity index (χ4n) is 2.09. The lowest BCUT2D eigenvalue weighted by atomic mass is 10.2. The molecule has 22 heavy (non-hydrogen) atoms. The Hall–Kier alpha value is -2.74. The second-order valence-corrected chi connectivity index (χ2v) is 4.99. The van der Waals surface area contributed by atoms with E-state index in [0.717, 1.165) is 11.4 Å². The third kappa shape index (κ3) is 4.38. The molecular weight excluding hydrogens is 278 g/mol. The number of carbonyl (C=O) groups is 1. The summed E-state index contributed by atoms with van der Waals surface area (Å²) >= 11 is 0. The topological polar surface area (TPSA) is 60.5 Å². The van der Waals surface area contributed by atoms with Gasteiger partial charge in [-0.15, -0.1) is 0 Å². The number of anilines is 1. The second-order valence-electron chi connectivity index (χ2n) is 4.99. The van der Waals surface area contributed by atoms with E-state index in [0.29, 0.717) is 19.5 Å². The quantitative estimate of drug-likeness (QED) is 0.788. The minimum atomic E-state index is -0.0225. The lowest BCUT2D eigenvalue weighted by molar-refractivity contribution is -0.128. The van der Waals surface area contributed by atoms with Gasteiger partial charge in [-0.3, -0.25) is 4.79 Å². The van der Waals surface area contributed by atoms with Crippen LogP contribution in [0.25, 0.3) is 0 Å². The van der Waals surface area contributed by atoms with Gasteiger partial charge in [0.05, 0.1) is 31.8 Å². The molecular formula is C17H19N3O2. The van der Waals surface area contributed by atoms with Gasteiger partial charge < -0.3 is 14.2 Å². The standard InChI is InChI=1S/C17H19N3O2/c1-19(11-6-10-18)17(21)14-20(13-16-9-5-12-22-16)15-7-3-2-4-8-15/h2-5,7-9,12H,6,11,13-14H2,1H3. The fraction of sp³-hybridized carbons (Fsp3) is 0.294.